The molecule has 3 heterocycles. The Kier molecular flexibility index (Phi) is 7.89. The van der Waals surface area contributed by atoms with Gasteiger partial charge in [-0.3, -0.25) is 4.79 Å². The van der Waals surface area contributed by atoms with Crippen molar-refractivity contribution in [3.05, 3.63) is 12.4 Å². The molecule has 0 unspecified atom stereocenters. The summed E-state index contributed by atoms with van der Waals surface area (Å²) in [4.78, 5) is 26.1. The van der Waals surface area contributed by atoms with Crippen molar-refractivity contribution in [3.63, 3.8) is 0 Å². The van der Waals surface area contributed by atoms with Gasteiger partial charge in [-0.1, -0.05) is 0 Å². The van der Waals surface area contributed by atoms with E-state index in [9.17, 15) is 4.79 Å². The molecule has 1 aromatic heterocycles. The average molecular weight is 390 g/mol. The van der Waals surface area contributed by atoms with Gasteiger partial charge in [0.1, 0.15) is 0 Å². The summed E-state index contributed by atoms with van der Waals surface area (Å²) in [5.41, 5.74) is 1.06. The Labute approximate surface area is 168 Å². The molecule has 2 aliphatic rings. The largest absolute Gasteiger partial charge is 0.379 e. The molecule has 2 saturated heterocycles. The minimum atomic E-state index is 0.107. The maximum atomic E-state index is 12.4. The maximum absolute atomic E-state index is 12.4. The van der Waals surface area contributed by atoms with E-state index >= 15 is 0 Å². The molecule has 1 amide bonds. The molecule has 0 aliphatic carbocycles. The van der Waals surface area contributed by atoms with Gasteiger partial charge in [-0.15, -0.1) is 0 Å². The van der Waals surface area contributed by atoms with E-state index < -0.39 is 0 Å². The fourth-order valence-corrected chi connectivity index (χ4v) is 3.88. The van der Waals surface area contributed by atoms with Crippen molar-refractivity contribution < 1.29 is 9.53 Å². The van der Waals surface area contributed by atoms with Gasteiger partial charge in [0.05, 0.1) is 24.2 Å². The molecule has 0 bridgehead atoms. The van der Waals surface area contributed by atoms with E-state index in [1.54, 1.807) is 0 Å². The predicted octanol–water partition coefficient (Wildman–Crippen LogP) is 2.61. The van der Waals surface area contributed by atoms with Crippen molar-refractivity contribution in [2.24, 2.45) is 5.92 Å². The van der Waals surface area contributed by atoms with Gasteiger partial charge in [0.15, 0.2) is 0 Å². The first-order valence-corrected chi connectivity index (χ1v) is 10.8. The van der Waals surface area contributed by atoms with Gasteiger partial charge in [0, 0.05) is 45.2 Å². The van der Waals surface area contributed by atoms with Crippen LogP contribution in [0, 0.1) is 5.92 Å². The number of amides is 1. The molecule has 0 atom stereocenters. The zero-order chi connectivity index (χ0) is 19.8. The third-order valence-corrected chi connectivity index (χ3v) is 5.57. The standard InChI is InChI=1S/C21H35N5O2/c1-17(2)28-14-6-9-22-20(27)18-7-12-25(13-8-18)19-15-23-21(24-16-19)26-10-4-3-5-11-26/h15-18H,3-14H2,1-2H3,(H,22,27). The lowest BCUT2D eigenvalue weighted by atomic mass is 9.95. The van der Waals surface area contributed by atoms with Crippen LogP contribution >= 0.6 is 0 Å². The van der Waals surface area contributed by atoms with E-state index in [1.165, 1.54) is 19.3 Å². The smallest absolute Gasteiger partial charge is 0.225 e. The number of carbonyl (C=O) groups is 1. The van der Waals surface area contributed by atoms with Crippen LogP contribution in [0.5, 0.6) is 0 Å². The van der Waals surface area contributed by atoms with Crippen molar-refractivity contribution in [3.8, 4) is 0 Å². The van der Waals surface area contributed by atoms with E-state index in [4.69, 9.17) is 4.74 Å². The fraction of sp³-hybridized carbons (Fsp3) is 0.762. The van der Waals surface area contributed by atoms with Crippen LogP contribution in [-0.2, 0) is 9.53 Å². The number of hydrogen-bond donors (Lipinski definition) is 1. The molecule has 1 N–H and O–H groups in total. The van der Waals surface area contributed by atoms with Crippen LogP contribution in [0.4, 0.5) is 11.6 Å². The number of nitrogens with zero attached hydrogens (tertiary/aromatic N) is 4. The van der Waals surface area contributed by atoms with Crippen LogP contribution in [0.3, 0.4) is 0 Å². The lowest BCUT2D eigenvalue weighted by Crippen LogP contribution is -2.41. The second-order valence-electron chi connectivity index (χ2n) is 8.11. The highest BCUT2D eigenvalue weighted by atomic mass is 16.5. The molecular weight excluding hydrogens is 354 g/mol. The Morgan fingerprint density at radius 2 is 1.79 bits per heavy atom. The topological polar surface area (TPSA) is 70.6 Å². The molecule has 28 heavy (non-hydrogen) atoms. The second-order valence-corrected chi connectivity index (χ2v) is 8.11. The summed E-state index contributed by atoms with van der Waals surface area (Å²) in [5.74, 6) is 1.14. The number of hydrogen-bond acceptors (Lipinski definition) is 6. The Bertz CT molecular complexity index is 593. The SMILES string of the molecule is CC(C)OCCCNC(=O)C1CCN(c2cnc(N3CCCCC3)nc2)CC1. The number of carbonyl (C=O) groups excluding carboxylic acids is 1. The molecule has 0 aromatic carbocycles. The Hall–Kier alpha value is -1.89. The Balaban J connectivity index is 1.39. The molecule has 0 spiro atoms. The van der Waals surface area contributed by atoms with Crippen molar-refractivity contribution in [2.75, 3.05) is 49.1 Å². The van der Waals surface area contributed by atoms with Crippen LogP contribution < -0.4 is 15.1 Å². The molecule has 1 aromatic rings. The summed E-state index contributed by atoms with van der Waals surface area (Å²) in [6.45, 7) is 9.31. The van der Waals surface area contributed by atoms with Gasteiger partial charge >= 0.3 is 0 Å². The number of anilines is 2. The summed E-state index contributed by atoms with van der Waals surface area (Å²) < 4.78 is 5.51. The van der Waals surface area contributed by atoms with E-state index in [1.807, 2.05) is 26.2 Å². The van der Waals surface area contributed by atoms with Crippen LogP contribution in [0.2, 0.25) is 0 Å². The number of ether oxygens (including phenoxy) is 1. The average Bonchev–Trinajstić information content (AvgIpc) is 2.74. The van der Waals surface area contributed by atoms with Crippen LogP contribution in [0.25, 0.3) is 0 Å². The Morgan fingerprint density at radius 3 is 2.43 bits per heavy atom. The molecular formula is C21H35N5O2. The molecule has 2 fully saturated rings. The summed E-state index contributed by atoms with van der Waals surface area (Å²) in [6.07, 6.45) is 10.5. The first-order chi connectivity index (χ1) is 13.6. The highest BCUT2D eigenvalue weighted by molar-refractivity contribution is 5.78. The highest BCUT2D eigenvalue weighted by Crippen LogP contribution is 2.24. The molecule has 7 heteroatoms. The van der Waals surface area contributed by atoms with E-state index in [0.717, 1.165) is 57.1 Å². The summed E-state index contributed by atoms with van der Waals surface area (Å²) in [7, 11) is 0. The van der Waals surface area contributed by atoms with Gasteiger partial charge in [0.2, 0.25) is 11.9 Å². The van der Waals surface area contributed by atoms with Crippen molar-refractivity contribution in [1.82, 2.24) is 15.3 Å². The van der Waals surface area contributed by atoms with Crippen LogP contribution in [0.15, 0.2) is 12.4 Å². The number of nitrogens with one attached hydrogen (secondary N) is 1. The molecule has 156 valence electrons. The number of aromatic nitrogens is 2. The zero-order valence-corrected chi connectivity index (χ0v) is 17.4. The molecule has 7 nitrogen and oxygen atoms in total. The lowest BCUT2D eigenvalue weighted by molar-refractivity contribution is -0.125. The molecule has 0 radical (unpaired) electrons. The highest BCUT2D eigenvalue weighted by Gasteiger charge is 2.25. The van der Waals surface area contributed by atoms with Crippen LogP contribution in [-0.4, -0.2) is 61.3 Å². The maximum Gasteiger partial charge on any atom is 0.225 e. The first kappa shape index (κ1) is 20.8. The van der Waals surface area contributed by atoms with Gasteiger partial charge in [-0.05, 0) is 52.4 Å². The van der Waals surface area contributed by atoms with Gasteiger partial charge in [0.25, 0.3) is 0 Å². The summed E-state index contributed by atoms with van der Waals surface area (Å²) in [6, 6.07) is 0. The predicted molar refractivity (Wildman–Crippen MR) is 112 cm³/mol. The van der Waals surface area contributed by atoms with Crippen molar-refractivity contribution in [2.45, 2.75) is 58.5 Å². The molecule has 2 aliphatic heterocycles. The summed E-state index contributed by atoms with van der Waals surface area (Å²) in [5, 5.41) is 3.06. The minimum Gasteiger partial charge on any atom is -0.379 e. The van der Waals surface area contributed by atoms with Crippen LogP contribution in [0.1, 0.15) is 52.4 Å². The zero-order valence-electron chi connectivity index (χ0n) is 17.4. The quantitative estimate of drug-likeness (QED) is 0.689. The summed E-state index contributed by atoms with van der Waals surface area (Å²) >= 11 is 0. The van der Waals surface area contributed by atoms with Gasteiger partial charge < -0.3 is 19.9 Å². The number of rotatable bonds is 8. The second kappa shape index (κ2) is 10.6. The van der Waals surface area contributed by atoms with Gasteiger partial charge in [-0.25, -0.2) is 9.97 Å². The first-order valence-electron chi connectivity index (χ1n) is 10.8. The molecule has 0 saturated carbocycles. The Morgan fingerprint density at radius 1 is 1.11 bits per heavy atom. The lowest BCUT2D eigenvalue weighted by Gasteiger charge is -2.33. The monoisotopic (exact) mass is 389 g/mol. The minimum absolute atomic E-state index is 0.107. The van der Waals surface area contributed by atoms with E-state index in [0.29, 0.717) is 13.2 Å². The normalized spacial score (nSPS) is 18.5. The van der Waals surface area contributed by atoms with E-state index in [-0.39, 0.29) is 17.9 Å². The van der Waals surface area contributed by atoms with Gasteiger partial charge in [-0.2, -0.15) is 0 Å². The van der Waals surface area contributed by atoms with Crippen molar-refractivity contribution in [1.29, 1.82) is 0 Å². The van der Waals surface area contributed by atoms with E-state index in [2.05, 4.69) is 25.1 Å². The number of piperidine rings is 2. The third-order valence-electron chi connectivity index (χ3n) is 5.57. The van der Waals surface area contributed by atoms with Crippen molar-refractivity contribution >= 4 is 17.5 Å². The third kappa shape index (κ3) is 6.06. The molecule has 3 rings (SSSR count). The fourth-order valence-electron chi connectivity index (χ4n) is 3.88.